The first-order valence-corrected chi connectivity index (χ1v) is 12.8. The molecule has 4 aromatic carbocycles. The predicted molar refractivity (Wildman–Crippen MR) is 152 cm³/mol. The zero-order chi connectivity index (χ0) is 29.8. The van der Waals surface area contributed by atoms with Gasteiger partial charge in [0.25, 0.3) is 0 Å². The van der Waals surface area contributed by atoms with Crippen LogP contribution in [-0.4, -0.2) is 0 Å². The van der Waals surface area contributed by atoms with Crippen LogP contribution in [0.15, 0.2) is 91.1 Å². The summed E-state index contributed by atoms with van der Waals surface area (Å²) in [7, 11) is 1.89. The fourth-order valence-electron chi connectivity index (χ4n) is 6.34. The zero-order valence-electron chi connectivity index (χ0n) is 26.6. The standard InChI is InChI=1S/C36H32N/c1-21-14-15-29-31(16-21)36-28-13-9-8-12-27(28)35(29)32-18-25(17-23(3)34(32)36)30-19-33(37(5)20-24(30)4)26-11-7-6-10-22(26)2/h6-20,35-36H,1-5H3/q+1/i4D3,35D,36D. The molecule has 3 aliphatic carbocycles. The normalized spacial score (nSPS) is 23.1. The lowest BCUT2D eigenvalue weighted by molar-refractivity contribution is -0.660. The molecule has 2 bridgehead atoms. The number of benzene rings is 4. The van der Waals surface area contributed by atoms with Crippen molar-refractivity contribution in [2.24, 2.45) is 7.05 Å². The van der Waals surface area contributed by atoms with Crippen molar-refractivity contribution in [2.75, 3.05) is 0 Å². The summed E-state index contributed by atoms with van der Waals surface area (Å²) in [5.41, 5.74) is 11.6. The van der Waals surface area contributed by atoms with Crippen molar-refractivity contribution in [2.45, 2.75) is 39.4 Å². The average molecular weight is 484 g/mol. The second-order valence-electron chi connectivity index (χ2n) is 10.5. The molecular formula is C36H32N+. The molecule has 0 amide bonds. The minimum Gasteiger partial charge on any atom is -0.201 e. The van der Waals surface area contributed by atoms with Gasteiger partial charge in [0.2, 0.25) is 5.69 Å². The summed E-state index contributed by atoms with van der Waals surface area (Å²) >= 11 is 0. The Morgan fingerprint density at radius 2 is 1.38 bits per heavy atom. The van der Waals surface area contributed by atoms with Crippen molar-refractivity contribution in [3.05, 3.63) is 147 Å². The van der Waals surface area contributed by atoms with Crippen molar-refractivity contribution in [1.29, 1.82) is 0 Å². The van der Waals surface area contributed by atoms with Crippen LogP contribution >= 0.6 is 0 Å². The van der Waals surface area contributed by atoms with E-state index in [0.717, 1.165) is 66.9 Å². The van der Waals surface area contributed by atoms with E-state index in [1.54, 1.807) is 6.20 Å². The molecule has 3 aliphatic rings. The third kappa shape index (κ3) is 3.20. The summed E-state index contributed by atoms with van der Waals surface area (Å²) < 4.78 is 47.5. The first kappa shape index (κ1) is 17.5. The Bertz CT molecular complexity index is 1960. The second kappa shape index (κ2) is 8.02. The molecular weight excluding hydrogens is 446 g/mol. The Hall–Kier alpha value is -3.97. The van der Waals surface area contributed by atoms with Crippen LogP contribution in [0.1, 0.15) is 74.3 Å². The van der Waals surface area contributed by atoms with E-state index in [1.165, 1.54) is 0 Å². The number of aryl methyl sites for hydroxylation is 5. The summed E-state index contributed by atoms with van der Waals surface area (Å²) in [6, 6.07) is 28.1. The number of hydrogen-bond acceptors (Lipinski definition) is 0. The highest BCUT2D eigenvalue weighted by Crippen LogP contribution is 2.57. The van der Waals surface area contributed by atoms with Crippen LogP contribution in [0.3, 0.4) is 0 Å². The van der Waals surface area contributed by atoms with E-state index in [0.29, 0.717) is 5.56 Å². The van der Waals surface area contributed by atoms with Gasteiger partial charge in [-0.3, -0.25) is 0 Å². The smallest absolute Gasteiger partial charge is 0.201 e. The second-order valence-corrected chi connectivity index (χ2v) is 10.5. The molecule has 5 aromatic rings. The monoisotopic (exact) mass is 483 g/mol. The first-order valence-electron chi connectivity index (χ1n) is 15.3. The van der Waals surface area contributed by atoms with Crippen LogP contribution in [0.4, 0.5) is 0 Å². The van der Waals surface area contributed by atoms with Crippen LogP contribution in [0.25, 0.3) is 22.4 Å². The molecule has 0 saturated heterocycles. The Kier molecular flexibility index (Phi) is 3.79. The third-order valence-electron chi connectivity index (χ3n) is 8.04. The van der Waals surface area contributed by atoms with Gasteiger partial charge in [-0.1, -0.05) is 72.3 Å². The summed E-state index contributed by atoms with van der Waals surface area (Å²) in [4.78, 5) is 0. The van der Waals surface area contributed by atoms with Gasteiger partial charge in [0, 0.05) is 35.8 Å². The molecule has 1 nitrogen and oxygen atoms in total. The zero-order valence-corrected chi connectivity index (χ0v) is 21.6. The molecule has 37 heavy (non-hydrogen) atoms. The summed E-state index contributed by atoms with van der Waals surface area (Å²) in [6.07, 6.45) is 1.72. The van der Waals surface area contributed by atoms with Crippen LogP contribution < -0.4 is 4.57 Å². The molecule has 180 valence electrons. The van der Waals surface area contributed by atoms with Crippen molar-refractivity contribution in [1.82, 2.24) is 0 Å². The molecule has 0 aliphatic heterocycles. The Labute approximate surface area is 227 Å². The van der Waals surface area contributed by atoms with Crippen molar-refractivity contribution < 1.29 is 11.4 Å². The van der Waals surface area contributed by atoms with Crippen LogP contribution in [0.2, 0.25) is 0 Å². The van der Waals surface area contributed by atoms with E-state index in [2.05, 4.69) is 25.1 Å². The van der Waals surface area contributed by atoms with Gasteiger partial charge >= 0.3 is 0 Å². The third-order valence-corrected chi connectivity index (χ3v) is 8.04. The molecule has 2 unspecified atom stereocenters. The van der Waals surface area contributed by atoms with Gasteiger partial charge in [0.15, 0.2) is 6.20 Å². The number of pyridine rings is 1. The Balaban J connectivity index is 1.56. The van der Waals surface area contributed by atoms with Gasteiger partial charge in [-0.2, -0.15) is 0 Å². The predicted octanol–water partition coefficient (Wildman–Crippen LogP) is 8.07. The average Bonchev–Trinajstić information content (AvgIpc) is 2.95. The maximum atomic E-state index is 10.2. The lowest BCUT2D eigenvalue weighted by Crippen LogP contribution is -2.31. The van der Waals surface area contributed by atoms with Gasteiger partial charge in [-0.15, -0.1) is 0 Å². The largest absolute Gasteiger partial charge is 0.213 e. The van der Waals surface area contributed by atoms with E-state index in [-0.39, 0.29) is 5.56 Å². The van der Waals surface area contributed by atoms with Crippen molar-refractivity contribution >= 4 is 0 Å². The summed E-state index contributed by atoms with van der Waals surface area (Å²) in [5.74, 6) is -2.39. The van der Waals surface area contributed by atoms with Gasteiger partial charge in [0.05, 0.1) is 0 Å². The van der Waals surface area contributed by atoms with Gasteiger partial charge in [-0.05, 0) is 95.4 Å². The van der Waals surface area contributed by atoms with Crippen LogP contribution in [0, 0.1) is 27.6 Å². The maximum Gasteiger partial charge on any atom is 0.213 e. The lowest BCUT2D eigenvalue weighted by Gasteiger charge is -2.43. The molecule has 0 fully saturated rings. The minimum absolute atomic E-state index is 0.263. The fourth-order valence-corrected chi connectivity index (χ4v) is 6.34. The Morgan fingerprint density at radius 1 is 0.649 bits per heavy atom. The van der Waals surface area contributed by atoms with E-state index in [1.807, 2.05) is 92.2 Å². The van der Waals surface area contributed by atoms with Crippen LogP contribution in [-0.2, 0) is 7.05 Å². The van der Waals surface area contributed by atoms with Gasteiger partial charge < -0.3 is 0 Å². The van der Waals surface area contributed by atoms with Crippen LogP contribution in [0.5, 0.6) is 0 Å². The molecule has 0 saturated carbocycles. The number of nitrogens with zero attached hydrogens (tertiary/aromatic N) is 1. The molecule has 2 atom stereocenters. The van der Waals surface area contributed by atoms with E-state index >= 15 is 0 Å². The molecule has 1 aromatic heterocycles. The molecule has 0 N–H and O–H groups in total. The highest BCUT2D eigenvalue weighted by Gasteiger charge is 2.42. The van der Waals surface area contributed by atoms with Crippen molar-refractivity contribution in [3.63, 3.8) is 0 Å². The van der Waals surface area contributed by atoms with Gasteiger partial charge in [0.1, 0.15) is 7.05 Å². The number of rotatable bonds is 2. The molecule has 1 heterocycles. The summed E-state index contributed by atoms with van der Waals surface area (Å²) in [5, 5.41) is 0. The quantitative estimate of drug-likeness (QED) is 0.224. The molecule has 0 spiro atoms. The highest BCUT2D eigenvalue weighted by molar-refractivity contribution is 5.78. The fraction of sp³-hybridized carbons (Fsp3) is 0.194. The Morgan fingerprint density at radius 3 is 2.16 bits per heavy atom. The van der Waals surface area contributed by atoms with Gasteiger partial charge in [-0.25, -0.2) is 4.57 Å². The molecule has 0 radical (unpaired) electrons. The maximum absolute atomic E-state index is 10.2. The highest BCUT2D eigenvalue weighted by atomic mass is 14.9. The number of aromatic nitrogens is 1. The molecule has 1 heteroatoms. The van der Waals surface area contributed by atoms with E-state index < -0.39 is 18.6 Å². The topological polar surface area (TPSA) is 3.88 Å². The molecule has 8 rings (SSSR count). The lowest BCUT2D eigenvalue weighted by atomic mass is 9.60. The van der Waals surface area contributed by atoms with Crippen molar-refractivity contribution in [3.8, 4) is 22.4 Å². The minimum atomic E-state index is -2.34. The SMILES string of the molecule is [2H]C([2H])([2H])c1c[n+](C)c(-c2ccccc2C)cc1-c1cc(C)c2c(c1)C1([2H])c3ccccc3C2([2H])c2cc(C)ccc21. The van der Waals surface area contributed by atoms with E-state index in [9.17, 15) is 2.74 Å². The van der Waals surface area contributed by atoms with E-state index in [4.69, 9.17) is 4.11 Å². The first-order chi connectivity index (χ1) is 19.9. The number of hydrogen-bond donors (Lipinski definition) is 0. The summed E-state index contributed by atoms with van der Waals surface area (Å²) in [6.45, 7) is 3.75.